The van der Waals surface area contributed by atoms with Crippen molar-refractivity contribution < 1.29 is 5.11 Å². The van der Waals surface area contributed by atoms with E-state index >= 15 is 0 Å². The number of aromatic nitrogens is 1. The summed E-state index contributed by atoms with van der Waals surface area (Å²) in [6, 6.07) is 5.94. The zero-order chi connectivity index (χ0) is 12.8. The van der Waals surface area contributed by atoms with Gasteiger partial charge in [-0.05, 0) is 24.5 Å². The van der Waals surface area contributed by atoms with Crippen LogP contribution in [-0.2, 0) is 0 Å². The van der Waals surface area contributed by atoms with E-state index < -0.39 is 0 Å². The largest absolute Gasteiger partial charge is 0.392 e. The highest BCUT2D eigenvalue weighted by atomic mass is 16.3. The van der Waals surface area contributed by atoms with Crippen LogP contribution >= 0.6 is 0 Å². The van der Waals surface area contributed by atoms with Crippen molar-refractivity contribution in [2.75, 3.05) is 0 Å². The van der Waals surface area contributed by atoms with Crippen molar-refractivity contribution in [2.24, 2.45) is 5.92 Å². The van der Waals surface area contributed by atoms with Gasteiger partial charge in [0, 0.05) is 17.8 Å². The monoisotopic (exact) mass is 247 g/mol. The van der Waals surface area contributed by atoms with Gasteiger partial charge in [-0.3, -0.25) is 4.98 Å². The first-order valence-electron chi connectivity index (χ1n) is 7.36. The molecule has 0 radical (unpaired) electrons. The highest BCUT2D eigenvalue weighted by molar-refractivity contribution is 5.10. The molecule has 1 aromatic heterocycles. The average Bonchev–Trinajstić information content (AvgIpc) is 2.67. The van der Waals surface area contributed by atoms with Gasteiger partial charge in [0.1, 0.15) is 0 Å². The predicted molar refractivity (Wildman–Crippen MR) is 74.5 cm³/mol. The molecule has 2 nitrogen and oxygen atoms in total. The summed E-state index contributed by atoms with van der Waals surface area (Å²) in [4.78, 5) is 4.35. The third-order valence-corrected chi connectivity index (χ3v) is 4.28. The van der Waals surface area contributed by atoms with Gasteiger partial charge in [0.25, 0.3) is 0 Å². The lowest BCUT2D eigenvalue weighted by Crippen LogP contribution is -2.20. The second-order valence-electron chi connectivity index (χ2n) is 5.70. The van der Waals surface area contributed by atoms with Crippen LogP contribution < -0.4 is 0 Å². The number of rotatable bonds is 4. The standard InChI is InChI=1S/C16H25NO/c1-13(15-10-6-7-11-17-15)16(18)12-14-8-4-2-3-5-9-14/h6-7,10-11,13-14,16,18H,2-5,8-9,12H2,1H3. The summed E-state index contributed by atoms with van der Waals surface area (Å²) in [7, 11) is 0. The second kappa shape index (κ2) is 6.89. The van der Waals surface area contributed by atoms with Crippen molar-refractivity contribution in [2.45, 2.75) is 63.9 Å². The highest BCUT2D eigenvalue weighted by Crippen LogP contribution is 2.30. The fourth-order valence-corrected chi connectivity index (χ4v) is 2.99. The molecule has 2 rings (SSSR count). The fourth-order valence-electron chi connectivity index (χ4n) is 2.99. The Morgan fingerprint density at radius 1 is 1.22 bits per heavy atom. The van der Waals surface area contributed by atoms with Crippen molar-refractivity contribution in [3.05, 3.63) is 30.1 Å². The topological polar surface area (TPSA) is 33.1 Å². The van der Waals surface area contributed by atoms with Gasteiger partial charge in [-0.15, -0.1) is 0 Å². The van der Waals surface area contributed by atoms with E-state index in [1.807, 2.05) is 24.4 Å². The summed E-state index contributed by atoms with van der Waals surface area (Å²) in [5.41, 5.74) is 1.01. The lowest BCUT2D eigenvalue weighted by Gasteiger charge is -2.23. The van der Waals surface area contributed by atoms with Gasteiger partial charge >= 0.3 is 0 Å². The second-order valence-corrected chi connectivity index (χ2v) is 5.70. The minimum absolute atomic E-state index is 0.148. The van der Waals surface area contributed by atoms with Crippen LogP contribution in [0.2, 0.25) is 0 Å². The maximum atomic E-state index is 10.4. The Morgan fingerprint density at radius 2 is 1.94 bits per heavy atom. The van der Waals surface area contributed by atoms with Gasteiger partial charge < -0.3 is 5.11 Å². The fraction of sp³-hybridized carbons (Fsp3) is 0.688. The molecule has 0 spiro atoms. The summed E-state index contributed by atoms with van der Waals surface area (Å²) in [6.45, 7) is 2.09. The zero-order valence-electron chi connectivity index (χ0n) is 11.4. The molecule has 1 fully saturated rings. The molecule has 1 saturated carbocycles. The zero-order valence-corrected chi connectivity index (χ0v) is 11.4. The molecule has 100 valence electrons. The molecule has 0 amide bonds. The van der Waals surface area contributed by atoms with Crippen LogP contribution in [0, 0.1) is 5.92 Å². The molecule has 18 heavy (non-hydrogen) atoms. The smallest absolute Gasteiger partial charge is 0.0623 e. The molecule has 1 aromatic rings. The Kier molecular flexibility index (Phi) is 5.18. The predicted octanol–water partition coefficient (Wildman–Crippen LogP) is 3.91. The van der Waals surface area contributed by atoms with Crippen LogP contribution in [0.15, 0.2) is 24.4 Å². The molecule has 0 aromatic carbocycles. The van der Waals surface area contributed by atoms with E-state index in [1.54, 1.807) is 0 Å². The van der Waals surface area contributed by atoms with Gasteiger partial charge in [-0.1, -0.05) is 51.5 Å². The van der Waals surface area contributed by atoms with Gasteiger partial charge in [0.2, 0.25) is 0 Å². The minimum atomic E-state index is -0.247. The van der Waals surface area contributed by atoms with Crippen LogP contribution in [0.5, 0.6) is 0 Å². The molecular formula is C16H25NO. The van der Waals surface area contributed by atoms with Crippen LogP contribution in [0.1, 0.15) is 63.5 Å². The van der Waals surface area contributed by atoms with Crippen molar-refractivity contribution in [1.29, 1.82) is 0 Å². The molecule has 0 aliphatic heterocycles. The lowest BCUT2D eigenvalue weighted by molar-refractivity contribution is 0.114. The van der Waals surface area contributed by atoms with E-state index in [4.69, 9.17) is 0 Å². The molecule has 2 heteroatoms. The number of hydrogen-bond acceptors (Lipinski definition) is 2. The Morgan fingerprint density at radius 3 is 2.56 bits per heavy atom. The number of aliphatic hydroxyl groups is 1. The molecule has 1 heterocycles. The first kappa shape index (κ1) is 13.5. The van der Waals surface area contributed by atoms with E-state index in [9.17, 15) is 5.11 Å². The first-order chi connectivity index (χ1) is 8.77. The summed E-state index contributed by atoms with van der Waals surface area (Å²) < 4.78 is 0. The van der Waals surface area contributed by atoms with E-state index in [-0.39, 0.29) is 12.0 Å². The van der Waals surface area contributed by atoms with E-state index in [1.165, 1.54) is 38.5 Å². The summed E-state index contributed by atoms with van der Waals surface area (Å²) in [5.74, 6) is 0.864. The SMILES string of the molecule is CC(c1ccccn1)C(O)CC1CCCCCC1. The highest BCUT2D eigenvalue weighted by Gasteiger charge is 2.22. The third kappa shape index (κ3) is 3.81. The van der Waals surface area contributed by atoms with Gasteiger partial charge in [0.05, 0.1) is 6.10 Å². The van der Waals surface area contributed by atoms with Crippen molar-refractivity contribution in [3.63, 3.8) is 0 Å². The molecular weight excluding hydrogens is 222 g/mol. The van der Waals surface area contributed by atoms with Crippen molar-refractivity contribution >= 4 is 0 Å². The Balaban J connectivity index is 1.88. The van der Waals surface area contributed by atoms with E-state index in [0.717, 1.165) is 12.1 Å². The quantitative estimate of drug-likeness (QED) is 0.818. The van der Waals surface area contributed by atoms with Crippen molar-refractivity contribution in [1.82, 2.24) is 4.98 Å². The number of hydrogen-bond donors (Lipinski definition) is 1. The van der Waals surface area contributed by atoms with E-state index in [2.05, 4.69) is 11.9 Å². The van der Waals surface area contributed by atoms with Crippen LogP contribution in [0.3, 0.4) is 0 Å². The number of aliphatic hydroxyl groups excluding tert-OH is 1. The molecule has 2 unspecified atom stereocenters. The average molecular weight is 247 g/mol. The number of nitrogens with zero attached hydrogens (tertiary/aromatic N) is 1. The Bertz CT molecular complexity index is 330. The van der Waals surface area contributed by atoms with Crippen LogP contribution in [0.25, 0.3) is 0 Å². The molecule has 0 bridgehead atoms. The first-order valence-corrected chi connectivity index (χ1v) is 7.36. The van der Waals surface area contributed by atoms with Gasteiger partial charge in [-0.2, -0.15) is 0 Å². The summed E-state index contributed by atoms with van der Waals surface area (Å²) >= 11 is 0. The van der Waals surface area contributed by atoms with Gasteiger partial charge in [-0.25, -0.2) is 0 Å². The third-order valence-electron chi connectivity index (χ3n) is 4.28. The molecule has 1 aliphatic rings. The number of pyridine rings is 1. The van der Waals surface area contributed by atoms with Gasteiger partial charge in [0.15, 0.2) is 0 Å². The molecule has 1 N–H and O–H groups in total. The molecule has 0 saturated heterocycles. The maximum Gasteiger partial charge on any atom is 0.0623 e. The Hall–Kier alpha value is -0.890. The van der Waals surface area contributed by atoms with Crippen molar-refractivity contribution in [3.8, 4) is 0 Å². The van der Waals surface area contributed by atoms with Crippen LogP contribution in [0.4, 0.5) is 0 Å². The minimum Gasteiger partial charge on any atom is -0.392 e. The lowest BCUT2D eigenvalue weighted by atomic mass is 9.88. The summed E-state index contributed by atoms with van der Waals surface area (Å²) in [6.07, 6.45) is 10.5. The van der Waals surface area contributed by atoms with E-state index in [0.29, 0.717) is 5.92 Å². The Labute approximate surface area is 110 Å². The normalized spacial score (nSPS) is 21.2. The molecule has 2 atom stereocenters. The maximum absolute atomic E-state index is 10.4. The van der Waals surface area contributed by atoms with Crippen LogP contribution in [-0.4, -0.2) is 16.2 Å². The molecule has 1 aliphatic carbocycles. The summed E-state index contributed by atoms with van der Waals surface area (Å²) in [5, 5.41) is 10.4.